The van der Waals surface area contributed by atoms with Crippen molar-refractivity contribution in [1.29, 1.82) is 0 Å². The zero-order valence-electron chi connectivity index (χ0n) is 31.1. The minimum atomic E-state index is -1.34. The lowest BCUT2D eigenvalue weighted by atomic mass is 9.96. The van der Waals surface area contributed by atoms with Crippen LogP contribution in [0, 0.1) is 12.7 Å². The molecule has 11 nitrogen and oxygen atoms in total. The molecule has 0 radical (unpaired) electrons. The highest BCUT2D eigenvalue weighted by Gasteiger charge is 2.28. The number of carboxylic acids is 1. The number of aromatic nitrogens is 4. The number of thiophene rings is 1. The SMILES string of the molecule is CSc1nccc(COc2ccccc2C[C@H](Oc2ncnc3sc(-c4ccc(F)cc4)c(-c4ccc(OCCN5CCN(C)CC5)c(Cl)c4C)c23)C(=O)O)n1. The Balaban J connectivity index is 1.21. The molecule has 3 aromatic carbocycles. The van der Waals surface area contributed by atoms with Gasteiger partial charge in [-0.1, -0.05) is 59.8 Å². The number of thioether (sulfide) groups is 1. The van der Waals surface area contributed by atoms with Crippen molar-refractivity contribution in [1.82, 2.24) is 29.7 Å². The molecule has 1 fully saturated rings. The van der Waals surface area contributed by atoms with E-state index in [9.17, 15) is 14.3 Å². The number of nitrogens with zero attached hydrogens (tertiary/aromatic N) is 6. The number of fused-ring (bicyclic) bond motifs is 1. The molecular weight excluding hydrogens is 775 g/mol. The fraction of sp³-hybridized carbons (Fsp3) is 0.293. The fourth-order valence-electron chi connectivity index (χ4n) is 6.49. The Kier molecular flexibility index (Phi) is 12.6. The van der Waals surface area contributed by atoms with Gasteiger partial charge in [0.25, 0.3) is 0 Å². The number of para-hydroxylation sites is 1. The van der Waals surface area contributed by atoms with Crippen molar-refractivity contribution < 1.29 is 28.5 Å². The monoisotopic (exact) mass is 814 g/mol. The zero-order chi connectivity index (χ0) is 39.2. The summed E-state index contributed by atoms with van der Waals surface area (Å²) in [5, 5.41) is 12.1. The van der Waals surface area contributed by atoms with Crippen LogP contribution >= 0.6 is 34.7 Å². The van der Waals surface area contributed by atoms with E-state index in [1.54, 1.807) is 36.5 Å². The highest BCUT2D eigenvalue weighted by atomic mass is 35.5. The van der Waals surface area contributed by atoms with Crippen LogP contribution in [-0.4, -0.2) is 99.5 Å². The summed E-state index contributed by atoms with van der Waals surface area (Å²) < 4.78 is 32.8. The molecule has 1 atom stereocenters. The van der Waals surface area contributed by atoms with Gasteiger partial charge in [0, 0.05) is 55.8 Å². The van der Waals surface area contributed by atoms with Gasteiger partial charge in [0.2, 0.25) is 12.0 Å². The number of carbonyl (C=O) groups is 1. The molecule has 56 heavy (non-hydrogen) atoms. The molecule has 3 aromatic heterocycles. The van der Waals surface area contributed by atoms with Gasteiger partial charge in [0.05, 0.1) is 16.1 Å². The number of hydrogen-bond acceptors (Lipinski definition) is 12. The van der Waals surface area contributed by atoms with E-state index < -0.39 is 12.1 Å². The first-order chi connectivity index (χ1) is 27.2. The maximum absolute atomic E-state index is 14.1. The van der Waals surface area contributed by atoms with Gasteiger partial charge >= 0.3 is 5.97 Å². The summed E-state index contributed by atoms with van der Waals surface area (Å²) in [6.07, 6.45) is 3.56. The van der Waals surface area contributed by atoms with Crippen LogP contribution in [0.5, 0.6) is 17.4 Å². The number of carboxylic acid groups (broad SMARTS) is 1. The van der Waals surface area contributed by atoms with Crippen LogP contribution in [0.4, 0.5) is 4.39 Å². The van der Waals surface area contributed by atoms with E-state index in [0.29, 0.717) is 55.3 Å². The molecule has 1 saturated heterocycles. The van der Waals surface area contributed by atoms with Crippen LogP contribution in [0.3, 0.4) is 0 Å². The first-order valence-electron chi connectivity index (χ1n) is 18.0. The highest BCUT2D eigenvalue weighted by Crippen LogP contribution is 2.49. The minimum absolute atomic E-state index is 0.0217. The van der Waals surface area contributed by atoms with Crippen LogP contribution in [0.2, 0.25) is 5.02 Å². The largest absolute Gasteiger partial charge is 0.491 e. The van der Waals surface area contributed by atoms with E-state index in [1.165, 1.54) is 41.6 Å². The normalized spacial score (nSPS) is 14.2. The van der Waals surface area contributed by atoms with Crippen molar-refractivity contribution in [2.45, 2.75) is 31.2 Å². The lowest BCUT2D eigenvalue weighted by Gasteiger charge is -2.32. The van der Waals surface area contributed by atoms with Gasteiger partial charge in [0.15, 0.2) is 5.16 Å². The molecule has 15 heteroatoms. The van der Waals surface area contributed by atoms with Crippen LogP contribution in [0.25, 0.3) is 31.8 Å². The Labute approximate surface area is 337 Å². The van der Waals surface area contributed by atoms with Crippen molar-refractivity contribution in [2.24, 2.45) is 0 Å². The third kappa shape index (κ3) is 9.06. The van der Waals surface area contributed by atoms with E-state index in [-0.39, 0.29) is 24.7 Å². The maximum atomic E-state index is 14.1. The fourth-order valence-corrected chi connectivity index (χ4v) is 8.24. The van der Waals surface area contributed by atoms with Gasteiger partial charge in [-0.25, -0.2) is 29.1 Å². The number of hydrogen-bond donors (Lipinski definition) is 1. The van der Waals surface area contributed by atoms with E-state index in [4.69, 9.17) is 25.8 Å². The standard InChI is InChI=1S/C41H40ClFN6O5S2/c1-25-30(12-13-32(36(25)42)52-21-20-49-18-16-48(2)17-19-49)34-35-38(45-24-46-39(35)56-37(34)26-8-10-28(43)11-9-26)54-33(40(50)51)22-27-6-4-5-7-31(27)53-23-29-14-15-44-41(47-29)55-3/h4-15,24,33H,16-23H2,1-3H3,(H,50,51)/t33-/m0/s1. The third-order valence-electron chi connectivity index (χ3n) is 9.60. The first-order valence-corrected chi connectivity index (χ1v) is 20.4. The van der Waals surface area contributed by atoms with Gasteiger partial charge in [0.1, 0.15) is 41.7 Å². The van der Waals surface area contributed by atoms with Crippen molar-refractivity contribution in [3.8, 4) is 38.9 Å². The molecule has 1 aliphatic heterocycles. The van der Waals surface area contributed by atoms with Gasteiger partial charge in [-0.2, -0.15) is 0 Å². The number of ether oxygens (including phenoxy) is 3. The third-order valence-corrected chi connectivity index (χ3v) is 11.8. The second-order valence-electron chi connectivity index (χ2n) is 13.3. The number of aliphatic carboxylic acids is 1. The van der Waals surface area contributed by atoms with Crippen LogP contribution < -0.4 is 14.2 Å². The first kappa shape index (κ1) is 39.4. The molecule has 1 N–H and O–H groups in total. The summed E-state index contributed by atoms with van der Waals surface area (Å²) in [4.78, 5) is 36.6. The summed E-state index contributed by atoms with van der Waals surface area (Å²) in [6, 6.07) is 19.0. The van der Waals surface area contributed by atoms with Crippen LogP contribution in [0.1, 0.15) is 16.8 Å². The Bertz CT molecular complexity index is 2320. The van der Waals surface area contributed by atoms with Crippen molar-refractivity contribution in [2.75, 3.05) is 52.6 Å². The summed E-state index contributed by atoms with van der Waals surface area (Å²) in [6.45, 7) is 7.37. The molecule has 0 saturated carbocycles. The summed E-state index contributed by atoms with van der Waals surface area (Å²) in [7, 11) is 2.13. The predicted molar refractivity (Wildman–Crippen MR) is 218 cm³/mol. The molecule has 6 aromatic rings. The number of halogens is 2. The van der Waals surface area contributed by atoms with E-state index in [1.807, 2.05) is 37.4 Å². The van der Waals surface area contributed by atoms with Crippen molar-refractivity contribution >= 4 is 50.9 Å². The van der Waals surface area contributed by atoms with Crippen LogP contribution in [0.15, 0.2) is 84.4 Å². The molecule has 0 amide bonds. The Morgan fingerprint density at radius 3 is 2.55 bits per heavy atom. The predicted octanol–water partition coefficient (Wildman–Crippen LogP) is 7.92. The quantitative estimate of drug-likeness (QED) is 0.0801. The topological polar surface area (TPSA) is 123 Å². The van der Waals surface area contributed by atoms with E-state index >= 15 is 0 Å². The lowest BCUT2D eigenvalue weighted by molar-refractivity contribution is -0.145. The van der Waals surface area contributed by atoms with E-state index in [0.717, 1.165) is 54.3 Å². The molecule has 7 rings (SSSR count). The zero-order valence-corrected chi connectivity index (χ0v) is 33.5. The van der Waals surface area contributed by atoms with Gasteiger partial charge < -0.3 is 24.2 Å². The number of rotatable bonds is 15. The van der Waals surface area contributed by atoms with Gasteiger partial charge in [-0.05, 0) is 72.8 Å². The Hall–Kier alpha value is -4.86. The minimum Gasteiger partial charge on any atom is -0.491 e. The molecule has 0 bridgehead atoms. The van der Waals surface area contributed by atoms with Crippen molar-refractivity contribution in [3.05, 3.63) is 107 Å². The summed E-state index contributed by atoms with van der Waals surface area (Å²) >= 11 is 9.83. The molecule has 0 spiro atoms. The second-order valence-corrected chi connectivity index (χ2v) is 15.4. The smallest absolute Gasteiger partial charge is 0.345 e. The number of likely N-dealkylation sites (N-methyl/N-ethyl adjacent to an activating group) is 1. The summed E-state index contributed by atoms with van der Waals surface area (Å²) in [5.74, 6) is -0.388. The van der Waals surface area contributed by atoms with Crippen LogP contribution in [-0.2, 0) is 17.8 Å². The van der Waals surface area contributed by atoms with Crippen molar-refractivity contribution in [3.63, 3.8) is 0 Å². The molecular formula is C41H40ClFN6O5S2. The number of piperazine rings is 1. The maximum Gasteiger partial charge on any atom is 0.345 e. The van der Waals surface area contributed by atoms with Gasteiger partial charge in [-0.3, -0.25) is 4.90 Å². The summed E-state index contributed by atoms with van der Waals surface area (Å²) in [5.41, 5.74) is 4.26. The van der Waals surface area contributed by atoms with E-state index in [2.05, 4.69) is 36.8 Å². The number of benzene rings is 3. The average Bonchev–Trinajstić information content (AvgIpc) is 3.60. The molecule has 1 aliphatic rings. The Morgan fingerprint density at radius 1 is 1.00 bits per heavy atom. The molecule has 4 heterocycles. The Morgan fingerprint density at radius 2 is 1.79 bits per heavy atom. The highest BCUT2D eigenvalue weighted by molar-refractivity contribution is 7.98. The molecule has 0 unspecified atom stereocenters. The molecule has 290 valence electrons. The van der Waals surface area contributed by atoms with Gasteiger partial charge in [-0.15, -0.1) is 11.3 Å². The average molecular weight is 815 g/mol. The molecule has 0 aliphatic carbocycles. The lowest BCUT2D eigenvalue weighted by Crippen LogP contribution is -2.45. The second kappa shape index (κ2) is 17.9.